The molecule has 1 aromatic rings. The van der Waals surface area contributed by atoms with Crippen molar-refractivity contribution in [2.75, 3.05) is 0 Å². The summed E-state index contributed by atoms with van der Waals surface area (Å²) >= 11 is 0. The summed E-state index contributed by atoms with van der Waals surface area (Å²) in [6, 6.07) is 4.21. The van der Waals surface area contributed by atoms with Crippen LogP contribution in [-0.2, 0) is 10.2 Å². The van der Waals surface area contributed by atoms with Gasteiger partial charge in [-0.1, -0.05) is 52.5 Å². The Balaban J connectivity index is 1.92. The molecule has 1 aliphatic heterocycles. The molecule has 0 bridgehead atoms. The van der Waals surface area contributed by atoms with E-state index in [2.05, 4.69) is 52.1 Å². The Morgan fingerprint density at radius 2 is 1.97 bits per heavy atom. The van der Waals surface area contributed by atoms with E-state index >= 15 is 0 Å². The van der Waals surface area contributed by atoms with Crippen LogP contribution in [0.4, 0.5) is 0 Å². The number of hydrogen-bond acceptors (Lipinski definition) is 3. The summed E-state index contributed by atoms with van der Waals surface area (Å²) in [5.41, 5.74) is 2.44. The van der Waals surface area contributed by atoms with E-state index in [9.17, 15) is 9.90 Å². The first-order chi connectivity index (χ1) is 15.0. The minimum absolute atomic E-state index is 0.00798. The van der Waals surface area contributed by atoms with Gasteiger partial charge in [0.15, 0.2) is 0 Å². The zero-order valence-corrected chi connectivity index (χ0v) is 21.2. The number of unbranched alkanes of at least 4 members (excludes halogenated alkanes) is 3. The van der Waals surface area contributed by atoms with Crippen LogP contribution in [0.1, 0.15) is 110 Å². The summed E-state index contributed by atoms with van der Waals surface area (Å²) in [7, 11) is 0. The molecular formula is C28H43NO3. The van der Waals surface area contributed by atoms with E-state index in [-0.39, 0.29) is 34.8 Å². The molecule has 2 aliphatic rings. The molecule has 0 unspecified atom stereocenters. The van der Waals surface area contributed by atoms with Gasteiger partial charge in [-0.2, -0.15) is 0 Å². The van der Waals surface area contributed by atoms with Crippen LogP contribution in [0.5, 0.6) is 11.5 Å². The molecule has 3 rings (SSSR count). The van der Waals surface area contributed by atoms with Crippen molar-refractivity contribution in [3.05, 3.63) is 34.9 Å². The number of amides is 1. The fourth-order valence-corrected chi connectivity index (χ4v) is 5.46. The van der Waals surface area contributed by atoms with E-state index in [1.54, 1.807) is 0 Å². The van der Waals surface area contributed by atoms with Crippen LogP contribution >= 0.6 is 0 Å². The van der Waals surface area contributed by atoms with E-state index in [0.717, 1.165) is 35.3 Å². The molecule has 1 heterocycles. The highest BCUT2D eigenvalue weighted by atomic mass is 16.5. The van der Waals surface area contributed by atoms with Gasteiger partial charge in [-0.3, -0.25) is 4.79 Å². The smallest absolute Gasteiger partial charge is 0.247 e. The number of hydrogen-bond donors (Lipinski definition) is 2. The molecular weight excluding hydrogens is 398 g/mol. The van der Waals surface area contributed by atoms with Crippen molar-refractivity contribution in [3.8, 4) is 11.5 Å². The Kier molecular flexibility index (Phi) is 7.31. The minimum atomic E-state index is -0.357. The van der Waals surface area contributed by atoms with Crippen LogP contribution in [0.2, 0.25) is 0 Å². The number of allylic oxidation sites excluding steroid dienone is 1. The van der Waals surface area contributed by atoms with Gasteiger partial charge in [-0.25, -0.2) is 0 Å². The zero-order chi connectivity index (χ0) is 23.7. The normalized spacial score (nSPS) is 21.9. The number of ether oxygens (including phenoxy) is 1. The highest BCUT2D eigenvalue weighted by Crippen LogP contribution is 2.55. The number of rotatable bonds is 8. The van der Waals surface area contributed by atoms with Gasteiger partial charge in [-0.15, -0.1) is 0 Å². The number of carbonyl (C=O) groups is 1. The Morgan fingerprint density at radius 3 is 2.62 bits per heavy atom. The number of benzene rings is 1. The largest absolute Gasteiger partial charge is 0.508 e. The Labute approximate surface area is 194 Å². The maximum Gasteiger partial charge on any atom is 0.247 e. The second-order valence-corrected chi connectivity index (χ2v) is 11.3. The van der Waals surface area contributed by atoms with Gasteiger partial charge < -0.3 is 15.2 Å². The van der Waals surface area contributed by atoms with Crippen LogP contribution in [0.3, 0.4) is 0 Å². The van der Waals surface area contributed by atoms with Gasteiger partial charge >= 0.3 is 0 Å². The van der Waals surface area contributed by atoms with Crippen molar-refractivity contribution < 1.29 is 14.6 Å². The second-order valence-electron chi connectivity index (χ2n) is 11.3. The predicted molar refractivity (Wildman–Crippen MR) is 131 cm³/mol. The monoisotopic (exact) mass is 441 g/mol. The van der Waals surface area contributed by atoms with Gasteiger partial charge in [0, 0.05) is 29.0 Å². The van der Waals surface area contributed by atoms with Gasteiger partial charge in [0.05, 0.1) is 0 Å². The SMILES string of the molecule is CCCCCCC(C)(C)c1cc(O)c2c(c1)OC(C)(C)[C@@H]1CC=C(C(=O)NC(C)C)C[C@@H]21. The van der Waals surface area contributed by atoms with Crippen molar-refractivity contribution in [2.45, 2.75) is 116 Å². The summed E-state index contributed by atoms with van der Waals surface area (Å²) in [6.07, 6.45) is 9.51. The molecule has 1 amide bonds. The van der Waals surface area contributed by atoms with Gasteiger partial charge in [0.25, 0.3) is 0 Å². The van der Waals surface area contributed by atoms with Crippen LogP contribution in [0.15, 0.2) is 23.8 Å². The minimum Gasteiger partial charge on any atom is -0.508 e. The summed E-state index contributed by atoms with van der Waals surface area (Å²) in [6.45, 7) is 15.0. The van der Waals surface area contributed by atoms with E-state index in [4.69, 9.17) is 4.74 Å². The molecule has 1 aliphatic carbocycles. The summed E-state index contributed by atoms with van der Waals surface area (Å²) < 4.78 is 6.52. The second kappa shape index (κ2) is 9.49. The van der Waals surface area contributed by atoms with Crippen LogP contribution in [0, 0.1) is 5.92 Å². The van der Waals surface area contributed by atoms with Crippen molar-refractivity contribution >= 4 is 5.91 Å². The number of fused-ring (bicyclic) bond motifs is 3. The Bertz CT molecular complexity index is 866. The molecule has 4 heteroatoms. The molecule has 0 aromatic heterocycles. The molecule has 2 N–H and O–H groups in total. The lowest BCUT2D eigenvalue weighted by molar-refractivity contribution is -0.118. The molecule has 4 nitrogen and oxygen atoms in total. The molecule has 178 valence electrons. The van der Waals surface area contributed by atoms with Gasteiger partial charge in [0.1, 0.15) is 17.1 Å². The number of phenolic OH excluding ortho intramolecular Hbond substituents is 1. The van der Waals surface area contributed by atoms with Crippen LogP contribution in [0.25, 0.3) is 0 Å². The molecule has 32 heavy (non-hydrogen) atoms. The van der Waals surface area contributed by atoms with Gasteiger partial charge in [0.2, 0.25) is 5.91 Å². The third-order valence-corrected chi connectivity index (χ3v) is 7.45. The van der Waals surface area contributed by atoms with Crippen molar-refractivity contribution in [2.24, 2.45) is 5.92 Å². The number of phenols is 1. The van der Waals surface area contributed by atoms with E-state index in [1.165, 1.54) is 25.7 Å². The zero-order valence-electron chi connectivity index (χ0n) is 21.2. The van der Waals surface area contributed by atoms with Crippen LogP contribution < -0.4 is 10.1 Å². The van der Waals surface area contributed by atoms with Gasteiger partial charge in [-0.05, 0) is 70.1 Å². The fourth-order valence-electron chi connectivity index (χ4n) is 5.46. The molecule has 2 atom stereocenters. The molecule has 1 aromatic carbocycles. The van der Waals surface area contributed by atoms with E-state index < -0.39 is 0 Å². The van der Waals surface area contributed by atoms with Crippen LogP contribution in [-0.4, -0.2) is 22.7 Å². The molecule has 0 saturated carbocycles. The lowest BCUT2D eigenvalue weighted by Gasteiger charge is -2.47. The first-order valence-corrected chi connectivity index (χ1v) is 12.5. The maximum atomic E-state index is 12.7. The highest BCUT2D eigenvalue weighted by Gasteiger charge is 2.47. The number of aromatic hydroxyl groups is 1. The standard InChI is InChI=1S/C28H43NO3/c1-8-9-10-11-14-27(4,5)20-16-23(30)25-21-15-19(26(31)29-18(2)3)12-13-22(21)28(6,7)32-24(25)17-20/h12,16-18,21-22,30H,8-11,13-15H2,1-7H3,(H,29,31)/t21-,22-/m1/s1. The lowest BCUT2D eigenvalue weighted by Crippen LogP contribution is -2.46. The molecule has 0 spiro atoms. The first kappa shape index (κ1) is 24.7. The average Bonchev–Trinajstić information content (AvgIpc) is 2.69. The molecule has 0 fully saturated rings. The summed E-state index contributed by atoms with van der Waals surface area (Å²) in [5.74, 6) is 1.42. The highest BCUT2D eigenvalue weighted by molar-refractivity contribution is 5.94. The molecule has 0 saturated heterocycles. The van der Waals surface area contributed by atoms with E-state index in [0.29, 0.717) is 12.2 Å². The number of nitrogens with one attached hydrogen (secondary N) is 1. The number of carbonyl (C=O) groups excluding carboxylic acids is 1. The first-order valence-electron chi connectivity index (χ1n) is 12.5. The van der Waals surface area contributed by atoms with E-state index in [1.807, 2.05) is 19.9 Å². The fraction of sp³-hybridized carbons (Fsp3) is 0.679. The quantitative estimate of drug-likeness (QED) is 0.438. The Hall–Kier alpha value is -1.97. The predicted octanol–water partition coefficient (Wildman–Crippen LogP) is 6.76. The Morgan fingerprint density at radius 1 is 1.25 bits per heavy atom. The third kappa shape index (κ3) is 5.15. The summed E-state index contributed by atoms with van der Waals surface area (Å²) in [4.78, 5) is 12.7. The topological polar surface area (TPSA) is 58.6 Å². The van der Waals surface area contributed by atoms with Crippen molar-refractivity contribution in [3.63, 3.8) is 0 Å². The van der Waals surface area contributed by atoms with Crippen molar-refractivity contribution in [1.82, 2.24) is 5.32 Å². The van der Waals surface area contributed by atoms with Crippen molar-refractivity contribution in [1.29, 1.82) is 0 Å². The third-order valence-electron chi connectivity index (χ3n) is 7.45. The summed E-state index contributed by atoms with van der Waals surface area (Å²) in [5, 5.41) is 14.2. The average molecular weight is 442 g/mol. The molecule has 0 radical (unpaired) electrons. The lowest BCUT2D eigenvalue weighted by atomic mass is 9.66. The maximum absolute atomic E-state index is 12.7.